The van der Waals surface area contributed by atoms with Crippen LogP contribution in [0.1, 0.15) is 51.4 Å². The molecule has 2 aliphatic carbocycles. The lowest BCUT2D eigenvalue weighted by Crippen LogP contribution is -2.50. The Labute approximate surface area is 91.2 Å². The Morgan fingerprint density at radius 2 is 1.73 bits per heavy atom. The third kappa shape index (κ3) is 2.71. The molecule has 0 aliphatic heterocycles. The first-order chi connectivity index (χ1) is 7.27. The van der Waals surface area contributed by atoms with E-state index < -0.39 is 5.97 Å². The summed E-state index contributed by atoms with van der Waals surface area (Å²) in [6.07, 6.45) is 9.56. The van der Waals surface area contributed by atoms with Gasteiger partial charge in [-0.1, -0.05) is 25.7 Å². The molecule has 3 nitrogen and oxygen atoms in total. The predicted molar refractivity (Wildman–Crippen MR) is 58.8 cm³/mol. The van der Waals surface area contributed by atoms with Gasteiger partial charge in [-0.05, 0) is 31.6 Å². The molecule has 0 saturated heterocycles. The zero-order valence-corrected chi connectivity index (χ0v) is 9.24. The maximum Gasteiger partial charge on any atom is 0.320 e. The van der Waals surface area contributed by atoms with Gasteiger partial charge in [0.25, 0.3) is 0 Å². The monoisotopic (exact) mass is 211 g/mol. The lowest BCUT2D eigenvalue weighted by Gasteiger charge is -2.35. The maximum atomic E-state index is 11.1. The molecule has 2 rings (SSSR count). The smallest absolute Gasteiger partial charge is 0.320 e. The van der Waals surface area contributed by atoms with Gasteiger partial charge in [0.05, 0.1) is 0 Å². The first kappa shape index (κ1) is 10.9. The van der Waals surface area contributed by atoms with E-state index in [9.17, 15) is 9.90 Å². The van der Waals surface area contributed by atoms with Crippen molar-refractivity contribution < 1.29 is 9.90 Å². The van der Waals surface area contributed by atoms with Crippen molar-refractivity contribution in [1.82, 2.24) is 5.32 Å². The van der Waals surface area contributed by atoms with Crippen molar-refractivity contribution in [2.45, 2.75) is 63.5 Å². The molecule has 0 heterocycles. The predicted octanol–water partition coefficient (Wildman–Crippen LogP) is 2.16. The van der Waals surface area contributed by atoms with Gasteiger partial charge >= 0.3 is 5.97 Å². The van der Waals surface area contributed by atoms with Crippen molar-refractivity contribution in [1.29, 1.82) is 0 Å². The fraction of sp³-hybridized carbons (Fsp3) is 0.917. The average molecular weight is 211 g/mol. The van der Waals surface area contributed by atoms with E-state index in [2.05, 4.69) is 5.32 Å². The molecule has 2 N–H and O–H groups in total. The topological polar surface area (TPSA) is 49.3 Å². The highest BCUT2D eigenvalue weighted by Gasteiger charge is 2.33. The van der Waals surface area contributed by atoms with E-state index in [0.717, 1.165) is 25.7 Å². The molecule has 0 aromatic heterocycles. The third-order valence-electron chi connectivity index (χ3n) is 3.91. The highest BCUT2D eigenvalue weighted by atomic mass is 16.4. The van der Waals surface area contributed by atoms with Crippen LogP contribution in [0.15, 0.2) is 0 Å². The molecule has 2 saturated carbocycles. The lowest BCUT2D eigenvalue weighted by molar-refractivity contribution is -0.142. The summed E-state index contributed by atoms with van der Waals surface area (Å²) in [6, 6.07) is 0.183. The van der Waals surface area contributed by atoms with Crippen LogP contribution in [-0.4, -0.2) is 23.2 Å². The summed E-state index contributed by atoms with van der Waals surface area (Å²) < 4.78 is 0. The van der Waals surface area contributed by atoms with Crippen molar-refractivity contribution in [3.05, 3.63) is 0 Å². The minimum absolute atomic E-state index is 0.276. The van der Waals surface area contributed by atoms with E-state index in [1.807, 2.05) is 0 Å². The van der Waals surface area contributed by atoms with Crippen molar-refractivity contribution in [2.24, 2.45) is 5.92 Å². The summed E-state index contributed by atoms with van der Waals surface area (Å²) in [7, 11) is 0. The summed E-state index contributed by atoms with van der Waals surface area (Å²) in [5, 5.41) is 12.5. The Kier molecular flexibility index (Phi) is 3.62. The number of carboxylic acid groups (broad SMARTS) is 1. The Bertz CT molecular complexity index is 220. The molecule has 1 atom stereocenters. The number of hydrogen-bond donors (Lipinski definition) is 2. The number of hydrogen-bond acceptors (Lipinski definition) is 2. The van der Waals surface area contributed by atoms with Gasteiger partial charge in [-0.2, -0.15) is 0 Å². The minimum Gasteiger partial charge on any atom is -0.480 e. The van der Waals surface area contributed by atoms with Crippen LogP contribution >= 0.6 is 0 Å². The van der Waals surface area contributed by atoms with Gasteiger partial charge in [-0.3, -0.25) is 4.79 Å². The van der Waals surface area contributed by atoms with Gasteiger partial charge in [0.2, 0.25) is 0 Å². The average Bonchev–Trinajstić information content (AvgIpc) is 2.15. The summed E-state index contributed by atoms with van der Waals surface area (Å²) in [4.78, 5) is 11.1. The van der Waals surface area contributed by atoms with Crippen LogP contribution in [0.4, 0.5) is 0 Å². The van der Waals surface area contributed by atoms with Gasteiger partial charge in [0.15, 0.2) is 0 Å². The van der Waals surface area contributed by atoms with Crippen molar-refractivity contribution >= 4 is 5.97 Å². The van der Waals surface area contributed by atoms with Crippen LogP contribution in [0.25, 0.3) is 0 Å². The fourth-order valence-electron chi connectivity index (χ4n) is 2.71. The van der Waals surface area contributed by atoms with Gasteiger partial charge in [-0.15, -0.1) is 0 Å². The van der Waals surface area contributed by atoms with Gasteiger partial charge in [0.1, 0.15) is 6.04 Å². The zero-order chi connectivity index (χ0) is 10.7. The molecule has 3 heteroatoms. The summed E-state index contributed by atoms with van der Waals surface area (Å²) in [6.45, 7) is 0. The molecule has 15 heavy (non-hydrogen) atoms. The summed E-state index contributed by atoms with van der Waals surface area (Å²) in [5.41, 5.74) is 0. The van der Waals surface area contributed by atoms with Crippen LogP contribution in [-0.2, 0) is 4.79 Å². The number of aliphatic carboxylic acids is 1. The summed E-state index contributed by atoms with van der Waals surface area (Å²) >= 11 is 0. The molecule has 0 amide bonds. The minimum atomic E-state index is -0.648. The molecule has 0 aromatic carbocycles. The van der Waals surface area contributed by atoms with Crippen LogP contribution in [0.2, 0.25) is 0 Å². The standard InChI is InChI=1S/C12H21NO2/c14-12(15)11(9-5-4-6-9)13-10-7-2-1-3-8-10/h9-11,13H,1-8H2,(H,14,15). The first-order valence-corrected chi connectivity index (χ1v) is 6.26. The van der Waals surface area contributed by atoms with E-state index in [-0.39, 0.29) is 6.04 Å². The molecular weight excluding hydrogens is 190 g/mol. The number of carboxylic acids is 1. The highest BCUT2D eigenvalue weighted by molar-refractivity contribution is 5.74. The van der Waals surface area contributed by atoms with Crippen molar-refractivity contribution in [3.8, 4) is 0 Å². The quantitative estimate of drug-likeness (QED) is 0.749. The van der Waals surface area contributed by atoms with Crippen LogP contribution < -0.4 is 5.32 Å². The van der Waals surface area contributed by atoms with Crippen molar-refractivity contribution in [3.63, 3.8) is 0 Å². The first-order valence-electron chi connectivity index (χ1n) is 6.26. The normalized spacial score (nSPS) is 25.9. The fourth-order valence-corrected chi connectivity index (χ4v) is 2.71. The Morgan fingerprint density at radius 1 is 1.07 bits per heavy atom. The molecule has 2 aliphatic rings. The summed E-state index contributed by atoms with van der Waals surface area (Å²) in [5.74, 6) is -0.255. The molecular formula is C12H21NO2. The molecule has 86 valence electrons. The second-order valence-electron chi connectivity index (χ2n) is 5.01. The highest BCUT2D eigenvalue weighted by Crippen LogP contribution is 2.30. The van der Waals surface area contributed by atoms with E-state index in [1.165, 1.54) is 25.7 Å². The molecule has 0 radical (unpaired) electrons. The SMILES string of the molecule is O=C(O)C(NC1CCCCC1)C1CCC1. The van der Waals surface area contributed by atoms with Gasteiger partial charge in [0, 0.05) is 6.04 Å². The van der Waals surface area contributed by atoms with E-state index >= 15 is 0 Å². The number of nitrogens with one attached hydrogen (secondary N) is 1. The van der Waals surface area contributed by atoms with Gasteiger partial charge in [-0.25, -0.2) is 0 Å². The molecule has 0 spiro atoms. The lowest BCUT2D eigenvalue weighted by atomic mass is 9.79. The van der Waals surface area contributed by atoms with Crippen molar-refractivity contribution in [2.75, 3.05) is 0 Å². The second kappa shape index (κ2) is 4.97. The number of rotatable bonds is 4. The second-order valence-corrected chi connectivity index (χ2v) is 5.01. The molecule has 0 bridgehead atoms. The van der Waals surface area contributed by atoms with Gasteiger partial charge < -0.3 is 10.4 Å². The maximum absolute atomic E-state index is 11.1. The van der Waals surface area contributed by atoms with Crippen LogP contribution in [0, 0.1) is 5.92 Å². The Morgan fingerprint density at radius 3 is 2.20 bits per heavy atom. The van der Waals surface area contributed by atoms with E-state index in [0.29, 0.717) is 12.0 Å². The Balaban J connectivity index is 1.84. The van der Waals surface area contributed by atoms with Crippen LogP contribution in [0.5, 0.6) is 0 Å². The largest absolute Gasteiger partial charge is 0.480 e. The van der Waals surface area contributed by atoms with Crippen LogP contribution in [0.3, 0.4) is 0 Å². The molecule has 2 fully saturated rings. The zero-order valence-electron chi connectivity index (χ0n) is 9.24. The molecule has 0 aromatic rings. The molecule has 1 unspecified atom stereocenters. The van der Waals surface area contributed by atoms with E-state index in [1.54, 1.807) is 0 Å². The van der Waals surface area contributed by atoms with E-state index in [4.69, 9.17) is 0 Å². The number of carbonyl (C=O) groups is 1. The third-order valence-corrected chi connectivity index (χ3v) is 3.91. The Hall–Kier alpha value is -0.570.